The highest BCUT2D eigenvalue weighted by Gasteiger charge is 2.26. The number of nitrogens with one attached hydrogen (secondary N) is 2. The molecule has 168 valence electrons. The summed E-state index contributed by atoms with van der Waals surface area (Å²) >= 11 is 6.40. The van der Waals surface area contributed by atoms with E-state index in [4.69, 9.17) is 16.3 Å². The molecule has 4 aromatic rings. The van der Waals surface area contributed by atoms with Gasteiger partial charge in [-0.05, 0) is 60.7 Å². The fraction of sp³-hybridized carbons (Fsp3) is 0.130. The molecule has 1 amide bonds. The molecule has 1 aliphatic heterocycles. The minimum absolute atomic E-state index is 0.0377. The number of nitrogens with zero attached hydrogens (tertiary/aromatic N) is 2. The number of amides is 1. The van der Waals surface area contributed by atoms with Crippen molar-refractivity contribution >= 4 is 49.9 Å². The van der Waals surface area contributed by atoms with E-state index < -0.39 is 10.0 Å². The molecule has 2 aromatic heterocycles. The Morgan fingerprint density at radius 3 is 2.70 bits per heavy atom. The standard InChI is InChI=1S/C23H19ClN4O4S/c24-19-6-3-16(13-18(19)20-7-8-21-22(27-20)9-10-25-21)26-23(29)15-1-4-17(5-2-15)28-14-32-11-12-33(28,30)31/h1-10,13,25H,11-12,14H2,(H,26,29). The van der Waals surface area contributed by atoms with Crippen LogP contribution in [0.5, 0.6) is 0 Å². The van der Waals surface area contributed by atoms with E-state index >= 15 is 0 Å². The van der Waals surface area contributed by atoms with Crippen molar-refractivity contribution in [2.75, 3.05) is 28.7 Å². The Morgan fingerprint density at radius 2 is 1.91 bits per heavy atom. The average Bonchev–Trinajstić information content (AvgIpc) is 3.28. The number of carbonyl (C=O) groups excluding carboxylic acids is 1. The van der Waals surface area contributed by atoms with Gasteiger partial charge >= 0.3 is 0 Å². The second-order valence-electron chi connectivity index (χ2n) is 7.50. The number of aromatic amines is 1. The van der Waals surface area contributed by atoms with Crippen LogP contribution in [0.15, 0.2) is 66.9 Å². The van der Waals surface area contributed by atoms with Crippen LogP contribution in [-0.2, 0) is 14.8 Å². The second-order valence-corrected chi connectivity index (χ2v) is 9.92. The molecule has 33 heavy (non-hydrogen) atoms. The largest absolute Gasteiger partial charge is 0.360 e. The second kappa shape index (κ2) is 8.51. The predicted octanol–water partition coefficient (Wildman–Crippen LogP) is 4.26. The van der Waals surface area contributed by atoms with Gasteiger partial charge in [-0.3, -0.25) is 4.79 Å². The summed E-state index contributed by atoms with van der Waals surface area (Å²) in [5, 5.41) is 3.37. The van der Waals surface area contributed by atoms with Gasteiger partial charge in [0.2, 0.25) is 10.0 Å². The first-order valence-electron chi connectivity index (χ1n) is 10.1. The van der Waals surface area contributed by atoms with E-state index in [1.807, 2.05) is 24.4 Å². The first-order chi connectivity index (χ1) is 15.9. The molecule has 0 aliphatic carbocycles. The minimum atomic E-state index is -3.42. The summed E-state index contributed by atoms with van der Waals surface area (Å²) in [6.45, 7) is 0.140. The third-order valence-corrected chi connectivity index (χ3v) is 7.35. The molecule has 0 atom stereocenters. The van der Waals surface area contributed by atoms with Crippen LogP contribution in [0.25, 0.3) is 22.3 Å². The number of hydrogen-bond donors (Lipinski definition) is 2. The van der Waals surface area contributed by atoms with Crippen molar-refractivity contribution in [3.8, 4) is 11.3 Å². The maximum absolute atomic E-state index is 12.8. The van der Waals surface area contributed by atoms with Crippen molar-refractivity contribution in [1.29, 1.82) is 0 Å². The van der Waals surface area contributed by atoms with Crippen LogP contribution >= 0.6 is 11.6 Å². The quantitative estimate of drug-likeness (QED) is 0.452. The molecule has 1 saturated heterocycles. The van der Waals surface area contributed by atoms with Gasteiger partial charge in [0.1, 0.15) is 6.73 Å². The zero-order valence-corrected chi connectivity index (χ0v) is 18.9. The van der Waals surface area contributed by atoms with Crippen LogP contribution in [0.4, 0.5) is 11.4 Å². The Labute approximate surface area is 195 Å². The molecule has 3 heterocycles. The Morgan fingerprint density at radius 1 is 1.09 bits per heavy atom. The Kier molecular flexibility index (Phi) is 5.53. The van der Waals surface area contributed by atoms with Crippen molar-refractivity contribution in [1.82, 2.24) is 9.97 Å². The van der Waals surface area contributed by atoms with E-state index in [0.717, 1.165) is 11.0 Å². The van der Waals surface area contributed by atoms with Gasteiger partial charge in [-0.15, -0.1) is 0 Å². The smallest absolute Gasteiger partial charge is 0.255 e. The molecule has 1 fully saturated rings. The molecule has 1 aliphatic rings. The van der Waals surface area contributed by atoms with E-state index in [1.54, 1.807) is 42.5 Å². The number of fused-ring (bicyclic) bond motifs is 1. The minimum Gasteiger partial charge on any atom is -0.360 e. The lowest BCUT2D eigenvalue weighted by atomic mass is 10.1. The van der Waals surface area contributed by atoms with Gasteiger partial charge in [0.05, 0.1) is 39.8 Å². The van der Waals surface area contributed by atoms with Crippen molar-refractivity contribution in [2.24, 2.45) is 0 Å². The van der Waals surface area contributed by atoms with Gasteiger partial charge in [0, 0.05) is 23.0 Å². The molecule has 8 nitrogen and oxygen atoms in total. The number of carbonyl (C=O) groups is 1. The summed E-state index contributed by atoms with van der Waals surface area (Å²) in [5.74, 6) is -0.401. The van der Waals surface area contributed by atoms with Crippen molar-refractivity contribution in [3.63, 3.8) is 0 Å². The number of ether oxygens (including phenoxy) is 1. The lowest BCUT2D eigenvalue weighted by Crippen LogP contribution is -2.41. The molecule has 0 bridgehead atoms. The molecule has 10 heteroatoms. The average molecular weight is 483 g/mol. The molecule has 2 aromatic carbocycles. The van der Waals surface area contributed by atoms with Crippen molar-refractivity contribution < 1.29 is 17.9 Å². The number of H-pyrrole nitrogens is 1. The first kappa shape index (κ1) is 21.4. The normalized spacial score (nSPS) is 15.5. The molecular weight excluding hydrogens is 464 g/mol. The summed E-state index contributed by atoms with van der Waals surface area (Å²) in [6.07, 6.45) is 1.82. The van der Waals surface area contributed by atoms with Gasteiger partial charge in [0.15, 0.2) is 0 Å². The number of pyridine rings is 1. The fourth-order valence-electron chi connectivity index (χ4n) is 3.60. The highest BCUT2D eigenvalue weighted by molar-refractivity contribution is 7.92. The molecule has 5 rings (SSSR count). The lowest BCUT2D eigenvalue weighted by Gasteiger charge is -2.28. The highest BCUT2D eigenvalue weighted by Crippen LogP contribution is 2.31. The van der Waals surface area contributed by atoms with Crippen LogP contribution in [-0.4, -0.2) is 43.4 Å². The van der Waals surface area contributed by atoms with E-state index in [9.17, 15) is 13.2 Å². The summed E-state index contributed by atoms with van der Waals surface area (Å²) in [7, 11) is -3.42. The number of anilines is 2. The third-order valence-electron chi connectivity index (χ3n) is 5.35. The van der Waals surface area contributed by atoms with E-state index in [1.165, 1.54) is 4.31 Å². The summed E-state index contributed by atoms with van der Waals surface area (Å²) in [5.41, 5.74) is 4.53. The van der Waals surface area contributed by atoms with Crippen LogP contribution < -0.4 is 9.62 Å². The highest BCUT2D eigenvalue weighted by atomic mass is 35.5. The van der Waals surface area contributed by atoms with Crippen LogP contribution in [0.1, 0.15) is 10.4 Å². The molecule has 2 N–H and O–H groups in total. The molecular formula is C23H19ClN4O4S. The Bertz CT molecular complexity index is 1450. The number of hydrogen-bond acceptors (Lipinski definition) is 5. The zero-order valence-electron chi connectivity index (χ0n) is 17.3. The maximum Gasteiger partial charge on any atom is 0.255 e. The SMILES string of the molecule is O=C(Nc1ccc(Cl)c(-c2ccc3[nH]ccc3n2)c1)c1ccc(N2COCCS2(=O)=O)cc1. The number of aromatic nitrogens is 2. The topological polar surface area (TPSA) is 104 Å². The van der Waals surface area contributed by atoms with Gasteiger partial charge < -0.3 is 15.0 Å². The lowest BCUT2D eigenvalue weighted by molar-refractivity contribution is 0.102. The monoisotopic (exact) mass is 482 g/mol. The Balaban J connectivity index is 1.36. The maximum atomic E-state index is 12.8. The van der Waals surface area contributed by atoms with Gasteiger partial charge in [-0.25, -0.2) is 17.7 Å². The Hall–Kier alpha value is -3.40. The molecule has 0 saturated carbocycles. The van der Waals surface area contributed by atoms with Crippen LogP contribution in [0.3, 0.4) is 0 Å². The van der Waals surface area contributed by atoms with Crippen molar-refractivity contribution in [2.45, 2.75) is 0 Å². The van der Waals surface area contributed by atoms with Gasteiger partial charge in [-0.1, -0.05) is 11.6 Å². The van der Waals surface area contributed by atoms with E-state index in [2.05, 4.69) is 15.3 Å². The summed E-state index contributed by atoms with van der Waals surface area (Å²) < 4.78 is 30.9. The fourth-order valence-corrected chi connectivity index (χ4v) is 5.04. The number of halogens is 1. The molecule has 0 unspecified atom stereocenters. The summed E-state index contributed by atoms with van der Waals surface area (Å²) in [6, 6.07) is 17.2. The van der Waals surface area contributed by atoms with Crippen LogP contribution in [0, 0.1) is 0 Å². The van der Waals surface area contributed by atoms with E-state index in [0.29, 0.717) is 33.2 Å². The van der Waals surface area contributed by atoms with Crippen LogP contribution in [0.2, 0.25) is 5.02 Å². The molecule has 0 spiro atoms. The van der Waals surface area contributed by atoms with Crippen molar-refractivity contribution in [3.05, 3.63) is 77.4 Å². The number of benzene rings is 2. The first-order valence-corrected chi connectivity index (χ1v) is 12.1. The number of sulfonamides is 1. The third kappa shape index (κ3) is 4.30. The van der Waals surface area contributed by atoms with Gasteiger partial charge in [-0.2, -0.15) is 0 Å². The van der Waals surface area contributed by atoms with E-state index in [-0.39, 0.29) is 25.0 Å². The number of rotatable bonds is 4. The van der Waals surface area contributed by atoms with Gasteiger partial charge in [0.25, 0.3) is 5.91 Å². The zero-order chi connectivity index (χ0) is 23.0. The predicted molar refractivity (Wildman–Crippen MR) is 128 cm³/mol. The molecule has 0 radical (unpaired) electrons. The summed E-state index contributed by atoms with van der Waals surface area (Å²) in [4.78, 5) is 20.5.